The first-order valence-corrected chi connectivity index (χ1v) is 7.68. The van der Waals surface area contributed by atoms with E-state index in [-0.39, 0.29) is 6.42 Å². The van der Waals surface area contributed by atoms with Crippen LogP contribution in [0.3, 0.4) is 0 Å². The number of nitrogens with two attached hydrogens (primary N) is 1. The van der Waals surface area contributed by atoms with Crippen LogP contribution in [0.25, 0.3) is 0 Å². The molecule has 0 spiro atoms. The van der Waals surface area contributed by atoms with Gasteiger partial charge < -0.3 is 30.3 Å². The lowest BCUT2D eigenvalue weighted by Gasteiger charge is -2.30. The van der Waals surface area contributed by atoms with Crippen molar-refractivity contribution in [2.45, 2.75) is 17.9 Å². The highest BCUT2D eigenvalue weighted by Gasteiger charge is 2.56. The maximum Gasteiger partial charge on any atom is 0.357 e. The summed E-state index contributed by atoms with van der Waals surface area (Å²) in [5, 5.41) is -2.87. The van der Waals surface area contributed by atoms with Gasteiger partial charge in [-0.25, -0.2) is 4.98 Å². The van der Waals surface area contributed by atoms with Gasteiger partial charge in [0, 0.05) is 11.9 Å². The van der Waals surface area contributed by atoms with Crippen molar-refractivity contribution < 1.29 is 28.7 Å². The van der Waals surface area contributed by atoms with E-state index in [1.54, 1.807) is 0 Å². The Morgan fingerprint density at radius 1 is 1.29 bits per heavy atom. The molecule has 0 aliphatic heterocycles. The molecule has 0 unspecified atom stereocenters. The molecule has 1 heterocycles. The molecule has 1 rings (SSSR count). The fourth-order valence-corrected chi connectivity index (χ4v) is 3.36. The van der Waals surface area contributed by atoms with Crippen LogP contribution in [0.2, 0.25) is 0 Å². The first-order valence-electron chi connectivity index (χ1n) is 4.45. The van der Waals surface area contributed by atoms with Gasteiger partial charge in [-0.05, 0) is 12.8 Å². The molecule has 98 valence electrons. The zero-order valence-electron chi connectivity index (χ0n) is 8.59. The van der Waals surface area contributed by atoms with Crippen molar-refractivity contribution in [2.75, 3.05) is 0 Å². The SMILES string of the molecule is NC(CCc1cnc[nH]1)(P(=O)(O)O)P(=O)(O)O. The van der Waals surface area contributed by atoms with Crippen molar-refractivity contribution in [1.29, 1.82) is 0 Å². The van der Waals surface area contributed by atoms with Crippen molar-refractivity contribution in [3.63, 3.8) is 0 Å². The molecule has 0 aliphatic carbocycles. The summed E-state index contributed by atoms with van der Waals surface area (Å²) in [6, 6.07) is 0. The molecule has 0 aromatic carbocycles. The van der Waals surface area contributed by atoms with Crippen LogP contribution in [0, 0.1) is 0 Å². The number of hydrogen-bond acceptors (Lipinski definition) is 4. The summed E-state index contributed by atoms with van der Waals surface area (Å²) >= 11 is 0. The van der Waals surface area contributed by atoms with Gasteiger partial charge >= 0.3 is 15.2 Å². The van der Waals surface area contributed by atoms with Crippen LogP contribution in [0.15, 0.2) is 12.5 Å². The van der Waals surface area contributed by atoms with Crippen LogP contribution in [-0.4, -0.2) is 34.6 Å². The number of imidazole rings is 1. The topological polar surface area (TPSA) is 170 Å². The minimum Gasteiger partial charge on any atom is -0.348 e. The van der Waals surface area contributed by atoms with Crippen molar-refractivity contribution in [1.82, 2.24) is 9.97 Å². The summed E-state index contributed by atoms with van der Waals surface area (Å²) in [5.41, 5.74) is 5.68. The van der Waals surface area contributed by atoms with Gasteiger partial charge in [0.2, 0.25) is 5.02 Å². The van der Waals surface area contributed by atoms with Gasteiger partial charge in [0.15, 0.2) is 0 Å². The Balaban J connectivity index is 2.94. The van der Waals surface area contributed by atoms with Crippen molar-refractivity contribution in [3.8, 4) is 0 Å². The quantitative estimate of drug-likeness (QED) is 0.386. The average Bonchev–Trinajstić information content (AvgIpc) is 2.62. The lowest BCUT2D eigenvalue weighted by molar-refractivity contribution is 0.303. The molecule has 11 heteroatoms. The molecule has 0 amide bonds. The van der Waals surface area contributed by atoms with Gasteiger partial charge in [0.05, 0.1) is 6.33 Å². The highest BCUT2D eigenvalue weighted by Crippen LogP contribution is 2.67. The molecule has 0 radical (unpaired) electrons. The maximum absolute atomic E-state index is 11.1. The van der Waals surface area contributed by atoms with Crippen LogP contribution in [0.5, 0.6) is 0 Å². The van der Waals surface area contributed by atoms with Crippen LogP contribution < -0.4 is 5.73 Å². The minimum absolute atomic E-state index is 0.0350. The molecule has 0 aliphatic rings. The van der Waals surface area contributed by atoms with Crippen molar-refractivity contribution in [2.24, 2.45) is 5.73 Å². The number of H-pyrrole nitrogens is 1. The second kappa shape index (κ2) is 4.62. The Hall–Kier alpha value is -0.530. The summed E-state index contributed by atoms with van der Waals surface area (Å²) in [6.07, 6.45) is 2.11. The van der Waals surface area contributed by atoms with Gasteiger partial charge in [0.25, 0.3) is 0 Å². The number of aryl methyl sites for hydroxylation is 1. The molecule has 7 N–H and O–H groups in total. The van der Waals surface area contributed by atoms with Gasteiger partial charge in [-0.15, -0.1) is 0 Å². The number of nitrogens with one attached hydrogen (secondary N) is 1. The van der Waals surface area contributed by atoms with Gasteiger partial charge in [-0.3, -0.25) is 9.13 Å². The summed E-state index contributed by atoms with van der Waals surface area (Å²) in [5.74, 6) is 0. The third-order valence-corrected chi connectivity index (χ3v) is 6.35. The van der Waals surface area contributed by atoms with E-state index < -0.39 is 26.6 Å². The fourth-order valence-electron chi connectivity index (χ4n) is 1.20. The van der Waals surface area contributed by atoms with Gasteiger partial charge in [0.1, 0.15) is 0 Å². The number of rotatable bonds is 5. The van der Waals surface area contributed by atoms with Crippen molar-refractivity contribution in [3.05, 3.63) is 18.2 Å². The van der Waals surface area contributed by atoms with Gasteiger partial charge in [-0.2, -0.15) is 0 Å². The summed E-state index contributed by atoms with van der Waals surface area (Å²) < 4.78 is 22.2. The Kier molecular flexibility index (Phi) is 3.95. The van der Waals surface area contributed by atoms with E-state index >= 15 is 0 Å². The van der Waals surface area contributed by atoms with E-state index in [1.165, 1.54) is 12.5 Å². The minimum atomic E-state index is -5.15. The van der Waals surface area contributed by atoms with E-state index in [9.17, 15) is 9.13 Å². The Bertz CT molecular complexity index is 440. The third-order valence-electron chi connectivity index (χ3n) is 2.33. The number of hydrogen-bond donors (Lipinski definition) is 6. The Morgan fingerprint density at radius 3 is 2.18 bits per heavy atom. The van der Waals surface area contributed by atoms with Crippen molar-refractivity contribution >= 4 is 15.2 Å². The van der Waals surface area contributed by atoms with E-state index in [4.69, 9.17) is 25.3 Å². The fraction of sp³-hybridized carbons (Fsp3) is 0.500. The normalized spacial score (nSPS) is 13.9. The lowest BCUT2D eigenvalue weighted by atomic mass is 10.2. The second-order valence-electron chi connectivity index (χ2n) is 3.54. The van der Waals surface area contributed by atoms with Crippen LogP contribution in [0.1, 0.15) is 12.1 Å². The zero-order chi connectivity index (χ0) is 13.3. The largest absolute Gasteiger partial charge is 0.357 e. The summed E-state index contributed by atoms with van der Waals surface area (Å²) in [6.45, 7) is 0. The third kappa shape index (κ3) is 3.02. The molecule has 9 nitrogen and oxygen atoms in total. The van der Waals surface area contributed by atoms with Gasteiger partial charge in [-0.1, -0.05) is 0 Å². The molecule has 1 aromatic heterocycles. The number of aromatic nitrogens is 2. The molecule has 0 saturated carbocycles. The van der Waals surface area contributed by atoms with Crippen LogP contribution in [-0.2, 0) is 15.6 Å². The molecule has 1 aromatic rings. The Labute approximate surface area is 96.4 Å². The average molecular weight is 285 g/mol. The highest BCUT2D eigenvalue weighted by molar-refractivity contribution is 7.72. The molecule has 0 saturated heterocycles. The number of nitrogens with zero attached hydrogens (tertiary/aromatic N) is 1. The highest BCUT2D eigenvalue weighted by atomic mass is 31.2. The van der Waals surface area contributed by atoms with E-state index in [0.717, 1.165) is 0 Å². The van der Waals surface area contributed by atoms with Crippen LogP contribution in [0.4, 0.5) is 0 Å². The van der Waals surface area contributed by atoms with E-state index in [2.05, 4.69) is 9.97 Å². The molecule has 0 atom stereocenters. The lowest BCUT2D eigenvalue weighted by Crippen LogP contribution is -2.39. The van der Waals surface area contributed by atoms with E-state index in [0.29, 0.717) is 5.69 Å². The first kappa shape index (κ1) is 14.5. The monoisotopic (exact) mass is 285 g/mol. The van der Waals surface area contributed by atoms with E-state index in [1.807, 2.05) is 0 Å². The Morgan fingerprint density at radius 2 is 1.82 bits per heavy atom. The first-order chi connectivity index (χ1) is 7.58. The number of aromatic amines is 1. The smallest absolute Gasteiger partial charge is 0.348 e. The molecule has 0 fully saturated rings. The molecule has 17 heavy (non-hydrogen) atoms. The molecule has 0 bridgehead atoms. The van der Waals surface area contributed by atoms with Crippen LogP contribution >= 0.6 is 15.2 Å². The standard InChI is InChI=1S/C6H13N3O6P2/c7-6(16(10,11)12,17(13,14)15)2-1-5-3-8-4-9-5/h3-4H,1-2,7H2,(H,8,9)(H2,10,11,12)(H2,13,14,15). The second-order valence-corrected chi connectivity index (χ2v) is 7.67. The zero-order valence-corrected chi connectivity index (χ0v) is 10.4. The maximum atomic E-state index is 11.1. The predicted octanol–water partition coefficient (Wildman–Crippen LogP) is -0.690. The summed E-state index contributed by atoms with van der Waals surface area (Å²) in [7, 11) is -10.3. The summed E-state index contributed by atoms with van der Waals surface area (Å²) in [4.78, 5) is 42.2. The molecular formula is C6H13N3O6P2. The molecular weight excluding hydrogens is 272 g/mol. The predicted molar refractivity (Wildman–Crippen MR) is 57.9 cm³/mol.